The van der Waals surface area contributed by atoms with E-state index in [0.717, 1.165) is 13.0 Å². The summed E-state index contributed by atoms with van der Waals surface area (Å²) in [6.45, 7) is 12.3. The molecule has 0 aliphatic carbocycles. The second kappa shape index (κ2) is 7.24. The molecular weight excluding hydrogens is 186 g/mol. The summed E-state index contributed by atoms with van der Waals surface area (Å²) in [6.07, 6.45) is 4.00. The van der Waals surface area contributed by atoms with Crippen molar-refractivity contribution in [3.8, 4) is 0 Å². The lowest BCUT2D eigenvalue weighted by Gasteiger charge is -2.32. The van der Waals surface area contributed by atoms with Crippen LogP contribution < -0.4 is 5.32 Å². The van der Waals surface area contributed by atoms with Gasteiger partial charge in [-0.3, -0.25) is 0 Å². The van der Waals surface area contributed by atoms with Gasteiger partial charge in [-0.25, -0.2) is 0 Å². The van der Waals surface area contributed by atoms with Crippen molar-refractivity contribution in [2.45, 2.75) is 66.0 Å². The van der Waals surface area contributed by atoms with Crippen LogP contribution in [0.3, 0.4) is 0 Å². The van der Waals surface area contributed by atoms with Gasteiger partial charge in [-0.1, -0.05) is 34.1 Å². The summed E-state index contributed by atoms with van der Waals surface area (Å²) in [4.78, 5) is 0. The third-order valence-electron chi connectivity index (χ3n) is 2.97. The van der Waals surface area contributed by atoms with Crippen molar-refractivity contribution in [2.75, 3.05) is 13.7 Å². The Hall–Kier alpha value is -0.0800. The van der Waals surface area contributed by atoms with Crippen LogP contribution in [0.5, 0.6) is 0 Å². The third-order valence-corrected chi connectivity index (χ3v) is 2.97. The zero-order valence-electron chi connectivity index (χ0n) is 11.4. The first kappa shape index (κ1) is 14.9. The van der Waals surface area contributed by atoms with Crippen molar-refractivity contribution in [1.29, 1.82) is 0 Å². The lowest BCUT2D eigenvalue weighted by atomic mass is 9.80. The van der Waals surface area contributed by atoms with E-state index in [1.165, 1.54) is 12.8 Å². The summed E-state index contributed by atoms with van der Waals surface area (Å²) in [6, 6.07) is 0.569. The fraction of sp³-hybridized carbons (Fsp3) is 1.00. The van der Waals surface area contributed by atoms with E-state index in [4.69, 9.17) is 4.74 Å². The van der Waals surface area contributed by atoms with E-state index in [0.29, 0.717) is 17.6 Å². The molecule has 15 heavy (non-hydrogen) atoms. The van der Waals surface area contributed by atoms with Crippen LogP contribution in [0.25, 0.3) is 0 Å². The molecule has 0 aromatic carbocycles. The zero-order chi connectivity index (χ0) is 11.9. The molecule has 0 aliphatic rings. The van der Waals surface area contributed by atoms with E-state index in [-0.39, 0.29) is 0 Å². The smallest absolute Gasteiger partial charge is 0.0548 e. The van der Waals surface area contributed by atoms with Crippen molar-refractivity contribution in [3.05, 3.63) is 0 Å². The molecule has 92 valence electrons. The lowest BCUT2D eigenvalue weighted by Crippen LogP contribution is -2.37. The highest BCUT2D eigenvalue weighted by Gasteiger charge is 2.25. The zero-order valence-corrected chi connectivity index (χ0v) is 11.4. The summed E-state index contributed by atoms with van der Waals surface area (Å²) in [5.41, 5.74) is 0.369. The molecule has 0 saturated heterocycles. The number of hydrogen-bond acceptors (Lipinski definition) is 2. The molecule has 0 radical (unpaired) electrons. The Kier molecular flexibility index (Phi) is 7.20. The average molecular weight is 215 g/mol. The van der Waals surface area contributed by atoms with Gasteiger partial charge >= 0.3 is 0 Å². The molecule has 0 aliphatic heterocycles. The number of methoxy groups -OCH3 is 1. The Morgan fingerprint density at radius 3 is 2.27 bits per heavy atom. The number of rotatable bonds is 8. The average Bonchev–Trinajstić information content (AvgIpc) is 2.15. The van der Waals surface area contributed by atoms with Gasteiger partial charge in [-0.2, -0.15) is 0 Å². The largest absolute Gasteiger partial charge is 0.382 e. The standard InChI is InChI=1S/C13H29NO/c1-7-8-13(5,9-12(4)15-6)10-14-11(2)3/h11-12,14H,7-10H2,1-6H3. The second-order valence-electron chi connectivity index (χ2n) is 5.35. The molecule has 0 heterocycles. The quantitative estimate of drug-likeness (QED) is 0.671. The Morgan fingerprint density at radius 1 is 1.27 bits per heavy atom. The molecule has 0 aromatic rings. The van der Waals surface area contributed by atoms with Gasteiger partial charge in [-0.05, 0) is 25.2 Å². The van der Waals surface area contributed by atoms with Gasteiger partial charge in [0.15, 0.2) is 0 Å². The van der Waals surface area contributed by atoms with Crippen molar-refractivity contribution < 1.29 is 4.74 Å². The maximum absolute atomic E-state index is 5.37. The minimum atomic E-state index is 0.357. The van der Waals surface area contributed by atoms with Crippen LogP contribution in [0, 0.1) is 5.41 Å². The first-order valence-corrected chi connectivity index (χ1v) is 6.19. The van der Waals surface area contributed by atoms with E-state index in [9.17, 15) is 0 Å². The van der Waals surface area contributed by atoms with E-state index < -0.39 is 0 Å². The van der Waals surface area contributed by atoms with Gasteiger partial charge in [0.1, 0.15) is 0 Å². The van der Waals surface area contributed by atoms with Gasteiger partial charge < -0.3 is 10.1 Å². The van der Waals surface area contributed by atoms with Crippen LogP contribution in [0.4, 0.5) is 0 Å². The first-order chi connectivity index (χ1) is 6.93. The molecule has 1 N–H and O–H groups in total. The van der Waals surface area contributed by atoms with Gasteiger partial charge in [0.05, 0.1) is 6.10 Å². The monoisotopic (exact) mass is 215 g/mol. The minimum Gasteiger partial charge on any atom is -0.382 e. The molecule has 0 aromatic heterocycles. The van der Waals surface area contributed by atoms with Gasteiger partial charge in [-0.15, -0.1) is 0 Å². The Balaban J connectivity index is 4.17. The molecule has 0 fully saturated rings. The summed E-state index contributed by atoms with van der Waals surface area (Å²) < 4.78 is 5.37. The second-order valence-corrected chi connectivity index (χ2v) is 5.35. The van der Waals surface area contributed by atoms with Crippen LogP contribution in [0.2, 0.25) is 0 Å². The predicted molar refractivity (Wildman–Crippen MR) is 67.2 cm³/mol. The lowest BCUT2D eigenvalue weighted by molar-refractivity contribution is 0.0650. The van der Waals surface area contributed by atoms with Crippen LogP contribution in [0.1, 0.15) is 53.9 Å². The highest BCUT2D eigenvalue weighted by Crippen LogP contribution is 2.29. The Bertz CT molecular complexity index is 159. The van der Waals surface area contributed by atoms with Gasteiger partial charge in [0, 0.05) is 19.7 Å². The van der Waals surface area contributed by atoms with Crippen LogP contribution in [0.15, 0.2) is 0 Å². The summed E-state index contributed by atoms with van der Waals surface area (Å²) >= 11 is 0. The number of ether oxygens (including phenoxy) is 1. The molecule has 0 spiro atoms. The van der Waals surface area contributed by atoms with Crippen LogP contribution in [-0.4, -0.2) is 25.8 Å². The van der Waals surface area contributed by atoms with Gasteiger partial charge in [0.25, 0.3) is 0 Å². The molecule has 2 unspecified atom stereocenters. The SMILES string of the molecule is CCCC(C)(CNC(C)C)CC(C)OC. The minimum absolute atomic E-state index is 0.357. The van der Waals surface area contributed by atoms with Gasteiger partial charge in [0.2, 0.25) is 0 Å². The highest BCUT2D eigenvalue weighted by atomic mass is 16.5. The molecule has 2 heteroatoms. The van der Waals surface area contributed by atoms with Crippen LogP contribution >= 0.6 is 0 Å². The van der Waals surface area contributed by atoms with Crippen molar-refractivity contribution >= 4 is 0 Å². The molecular formula is C13H29NO. The molecule has 0 bridgehead atoms. The molecule has 2 atom stereocenters. The topological polar surface area (TPSA) is 21.3 Å². The van der Waals surface area contributed by atoms with Crippen molar-refractivity contribution in [3.63, 3.8) is 0 Å². The fourth-order valence-electron chi connectivity index (χ4n) is 2.09. The van der Waals surface area contributed by atoms with E-state index >= 15 is 0 Å². The van der Waals surface area contributed by atoms with Crippen molar-refractivity contribution in [2.24, 2.45) is 5.41 Å². The van der Waals surface area contributed by atoms with Crippen molar-refractivity contribution in [1.82, 2.24) is 5.32 Å². The highest BCUT2D eigenvalue weighted by molar-refractivity contribution is 4.79. The summed E-state index contributed by atoms with van der Waals surface area (Å²) in [7, 11) is 1.80. The summed E-state index contributed by atoms with van der Waals surface area (Å²) in [5.74, 6) is 0. The fourth-order valence-corrected chi connectivity index (χ4v) is 2.09. The van der Waals surface area contributed by atoms with E-state index in [1.807, 2.05) is 0 Å². The number of hydrogen-bond donors (Lipinski definition) is 1. The maximum Gasteiger partial charge on any atom is 0.0548 e. The Labute approximate surface area is 95.8 Å². The number of nitrogens with one attached hydrogen (secondary N) is 1. The molecule has 0 saturated carbocycles. The van der Waals surface area contributed by atoms with Crippen LogP contribution in [-0.2, 0) is 4.74 Å². The maximum atomic E-state index is 5.37. The third kappa shape index (κ3) is 6.91. The van der Waals surface area contributed by atoms with E-state index in [1.54, 1.807) is 7.11 Å². The normalized spacial score (nSPS) is 17.8. The molecule has 0 amide bonds. The molecule has 2 nitrogen and oxygen atoms in total. The Morgan fingerprint density at radius 2 is 1.87 bits per heavy atom. The first-order valence-electron chi connectivity index (χ1n) is 6.19. The van der Waals surface area contributed by atoms with E-state index in [2.05, 4.69) is 39.9 Å². The summed E-state index contributed by atoms with van der Waals surface area (Å²) in [5, 5.41) is 3.54. The molecule has 0 rings (SSSR count). The predicted octanol–water partition coefficient (Wildman–Crippen LogP) is 3.22.